The number of benzene rings is 1. The number of aryl methyl sites for hydroxylation is 1. The van der Waals surface area contributed by atoms with Crippen molar-refractivity contribution in [3.8, 4) is 0 Å². The summed E-state index contributed by atoms with van der Waals surface area (Å²) in [5.41, 5.74) is 1.97. The molecule has 0 aliphatic heterocycles. The van der Waals surface area contributed by atoms with E-state index in [1.807, 2.05) is 41.9 Å². The number of para-hydroxylation sites is 1. The number of aromatic nitrogens is 2. The molecule has 0 radical (unpaired) electrons. The van der Waals surface area contributed by atoms with E-state index >= 15 is 0 Å². The molecular weight excluding hydrogens is 256 g/mol. The lowest BCUT2D eigenvalue weighted by Gasteiger charge is -1.92. The van der Waals surface area contributed by atoms with E-state index < -0.39 is 0 Å². The van der Waals surface area contributed by atoms with Gasteiger partial charge in [0.15, 0.2) is 0 Å². The Hall–Kier alpha value is -2.27. The van der Waals surface area contributed by atoms with Gasteiger partial charge >= 0.3 is 0 Å². The minimum Gasteiger partial charge on any atom is -0.318 e. The zero-order chi connectivity index (χ0) is 13.1. The lowest BCUT2D eigenvalue weighted by Crippen LogP contribution is -2.08. The summed E-state index contributed by atoms with van der Waals surface area (Å²) in [5.74, 6) is 0. The average Bonchev–Trinajstić information content (AvgIpc) is 2.78. The second kappa shape index (κ2) is 5.16. The third kappa shape index (κ3) is 2.46. The van der Waals surface area contributed by atoms with Crippen molar-refractivity contribution >= 4 is 27.8 Å². The Morgan fingerprint density at radius 3 is 2.79 bits per heavy atom. The van der Waals surface area contributed by atoms with Crippen LogP contribution in [0.1, 0.15) is 5.69 Å². The number of nitrogens with zero attached hydrogens (tertiary/aromatic N) is 4. The molecule has 0 fully saturated rings. The molecule has 0 amide bonds. The Morgan fingerprint density at radius 2 is 2.00 bits per heavy atom. The monoisotopic (exact) mass is 268 g/mol. The second-order valence-corrected chi connectivity index (χ2v) is 5.02. The van der Waals surface area contributed by atoms with Crippen molar-refractivity contribution in [2.75, 3.05) is 0 Å². The van der Waals surface area contributed by atoms with Gasteiger partial charge in [0.1, 0.15) is 0 Å². The van der Waals surface area contributed by atoms with Gasteiger partial charge in [0.05, 0.1) is 22.1 Å². The SMILES string of the molecule is Cn1/c(=N\N=C/c2ccccn2)sc2ccccc21. The van der Waals surface area contributed by atoms with Crippen LogP contribution in [-0.2, 0) is 7.05 Å². The molecule has 0 aliphatic carbocycles. The fourth-order valence-corrected chi connectivity index (χ4v) is 2.74. The molecule has 0 saturated heterocycles. The number of thiazole rings is 1. The lowest BCUT2D eigenvalue weighted by molar-refractivity contribution is 0.889. The maximum absolute atomic E-state index is 4.25. The summed E-state index contributed by atoms with van der Waals surface area (Å²) in [6.45, 7) is 0. The van der Waals surface area contributed by atoms with Crippen LogP contribution < -0.4 is 4.80 Å². The highest BCUT2D eigenvalue weighted by Crippen LogP contribution is 2.14. The Kier molecular flexibility index (Phi) is 3.20. The van der Waals surface area contributed by atoms with E-state index in [0.29, 0.717) is 0 Å². The predicted molar refractivity (Wildman–Crippen MR) is 78.2 cm³/mol. The minimum atomic E-state index is 0.801. The molecule has 2 heterocycles. The molecular formula is C14H12N4S. The van der Waals surface area contributed by atoms with Crippen molar-refractivity contribution in [2.24, 2.45) is 17.3 Å². The van der Waals surface area contributed by atoms with E-state index in [1.165, 1.54) is 10.2 Å². The topological polar surface area (TPSA) is 42.5 Å². The molecule has 0 N–H and O–H groups in total. The van der Waals surface area contributed by atoms with Crippen molar-refractivity contribution < 1.29 is 0 Å². The largest absolute Gasteiger partial charge is 0.318 e. The molecule has 0 atom stereocenters. The maximum Gasteiger partial charge on any atom is 0.211 e. The number of hydrogen-bond donors (Lipinski definition) is 0. The van der Waals surface area contributed by atoms with Crippen LogP contribution in [-0.4, -0.2) is 15.8 Å². The van der Waals surface area contributed by atoms with Gasteiger partial charge in [0.25, 0.3) is 0 Å². The first-order valence-electron chi connectivity index (χ1n) is 5.87. The van der Waals surface area contributed by atoms with Crippen LogP contribution in [0.25, 0.3) is 10.2 Å². The average molecular weight is 268 g/mol. The minimum absolute atomic E-state index is 0.801. The number of rotatable bonds is 2. The van der Waals surface area contributed by atoms with Crippen molar-refractivity contribution in [2.45, 2.75) is 0 Å². The van der Waals surface area contributed by atoms with Gasteiger partial charge in [-0.15, -0.1) is 5.10 Å². The molecule has 0 saturated carbocycles. The predicted octanol–water partition coefficient (Wildman–Crippen LogP) is 2.57. The quantitative estimate of drug-likeness (QED) is 0.520. The maximum atomic E-state index is 4.25. The molecule has 1 aromatic carbocycles. The molecule has 19 heavy (non-hydrogen) atoms. The lowest BCUT2D eigenvalue weighted by atomic mass is 10.3. The summed E-state index contributed by atoms with van der Waals surface area (Å²) in [7, 11) is 1.99. The fourth-order valence-electron chi connectivity index (χ4n) is 1.77. The molecule has 4 nitrogen and oxygen atoms in total. The molecule has 0 bridgehead atoms. The molecule has 3 rings (SSSR count). The second-order valence-electron chi connectivity index (χ2n) is 4.01. The first-order chi connectivity index (χ1) is 9.34. The fraction of sp³-hybridized carbons (Fsp3) is 0.0714. The first kappa shape index (κ1) is 11.8. The summed E-state index contributed by atoms with van der Waals surface area (Å²) >= 11 is 1.62. The molecule has 0 unspecified atom stereocenters. The highest BCUT2D eigenvalue weighted by molar-refractivity contribution is 7.16. The van der Waals surface area contributed by atoms with Crippen LogP contribution in [0, 0.1) is 0 Å². The van der Waals surface area contributed by atoms with Gasteiger partial charge in [-0.3, -0.25) is 4.98 Å². The van der Waals surface area contributed by atoms with Crippen LogP contribution in [0.2, 0.25) is 0 Å². The van der Waals surface area contributed by atoms with Crippen LogP contribution in [0.4, 0.5) is 0 Å². The third-order valence-electron chi connectivity index (χ3n) is 2.74. The smallest absolute Gasteiger partial charge is 0.211 e. The molecule has 2 aromatic heterocycles. The van der Waals surface area contributed by atoms with E-state index in [0.717, 1.165) is 10.5 Å². The van der Waals surface area contributed by atoms with Crippen molar-refractivity contribution in [1.82, 2.24) is 9.55 Å². The van der Waals surface area contributed by atoms with Crippen LogP contribution in [0.5, 0.6) is 0 Å². The van der Waals surface area contributed by atoms with E-state index in [4.69, 9.17) is 0 Å². The van der Waals surface area contributed by atoms with Gasteiger partial charge in [-0.1, -0.05) is 29.5 Å². The van der Waals surface area contributed by atoms with E-state index in [1.54, 1.807) is 23.7 Å². The van der Waals surface area contributed by atoms with E-state index in [2.05, 4.69) is 27.3 Å². The third-order valence-corrected chi connectivity index (χ3v) is 3.84. The number of fused-ring (bicyclic) bond motifs is 1. The number of pyridine rings is 1. The van der Waals surface area contributed by atoms with Crippen molar-refractivity contribution in [1.29, 1.82) is 0 Å². The molecule has 5 heteroatoms. The highest BCUT2D eigenvalue weighted by Gasteiger charge is 2.00. The standard InChI is InChI=1S/C14H12N4S/c1-18-12-7-2-3-8-13(12)19-14(18)17-16-10-11-6-4-5-9-15-11/h2-10H,1H3/b16-10-,17-14+. The Morgan fingerprint density at radius 1 is 1.16 bits per heavy atom. The number of hydrogen-bond acceptors (Lipinski definition) is 4. The zero-order valence-electron chi connectivity index (χ0n) is 10.4. The summed E-state index contributed by atoms with van der Waals surface area (Å²) in [6.07, 6.45) is 3.39. The molecule has 3 aromatic rings. The zero-order valence-corrected chi connectivity index (χ0v) is 11.2. The van der Waals surface area contributed by atoms with E-state index in [-0.39, 0.29) is 0 Å². The van der Waals surface area contributed by atoms with Crippen molar-refractivity contribution in [3.63, 3.8) is 0 Å². The van der Waals surface area contributed by atoms with Crippen LogP contribution in [0.15, 0.2) is 58.9 Å². The molecule has 0 aliphatic rings. The van der Waals surface area contributed by atoms with E-state index in [9.17, 15) is 0 Å². The normalized spacial score (nSPS) is 12.6. The summed E-state index contributed by atoms with van der Waals surface area (Å²) in [4.78, 5) is 5.03. The van der Waals surface area contributed by atoms with Gasteiger partial charge in [-0.05, 0) is 24.3 Å². The van der Waals surface area contributed by atoms with Gasteiger partial charge < -0.3 is 4.57 Å². The summed E-state index contributed by atoms with van der Waals surface area (Å²) in [6, 6.07) is 13.9. The van der Waals surface area contributed by atoms with Gasteiger partial charge in [-0.25, -0.2) is 0 Å². The summed E-state index contributed by atoms with van der Waals surface area (Å²) < 4.78 is 3.24. The highest BCUT2D eigenvalue weighted by atomic mass is 32.1. The summed E-state index contributed by atoms with van der Waals surface area (Å²) in [5, 5.41) is 8.34. The van der Waals surface area contributed by atoms with Crippen LogP contribution >= 0.6 is 11.3 Å². The van der Waals surface area contributed by atoms with Gasteiger partial charge in [0, 0.05) is 13.2 Å². The molecule has 0 spiro atoms. The van der Waals surface area contributed by atoms with Gasteiger partial charge in [-0.2, -0.15) is 5.10 Å². The molecule has 94 valence electrons. The van der Waals surface area contributed by atoms with Crippen LogP contribution in [0.3, 0.4) is 0 Å². The first-order valence-corrected chi connectivity index (χ1v) is 6.69. The van der Waals surface area contributed by atoms with Gasteiger partial charge in [0.2, 0.25) is 4.80 Å². The Balaban J connectivity index is 1.98. The Bertz CT molecular complexity index is 784. The van der Waals surface area contributed by atoms with Crippen molar-refractivity contribution in [3.05, 3.63) is 59.2 Å². The Labute approximate surface area is 114 Å².